The number of alkyl halides is 3. The first-order valence-corrected chi connectivity index (χ1v) is 7.72. The fourth-order valence-electron chi connectivity index (χ4n) is 3.59. The van der Waals surface area contributed by atoms with E-state index >= 15 is 0 Å². The molecule has 1 amide bonds. The Hall–Kier alpha value is -2.22. The SMILES string of the molecule is COc1ccc(Cl)c2c1N(C(=O)C(F)(F)F)[C@H](C(=O)O)[C@@H]1CC=C[C@H]21. The lowest BCUT2D eigenvalue weighted by Gasteiger charge is -2.42. The summed E-state index contributed by atoms with van der Waals surface area (Å²) in [6.45, 7) is 0. The van der Waals surface area contributed by atoms with Crippen LogP contribution in [0.1, 0.15) is 17.9 Å². The van der Waals surface area contributed by atoms with Crippen LogP contribution in [-0.2, 0) is 9.59 Å². The van der Waals surface area contributed by atoms with Crippen molar-refractivity contribution in [2.24, 2.45) is 5.92 Å². The number of carbonyl (C=O) groups is 2. The van der Waals surface area contributed by atoms with Crippen LogP contribution in [0.2, 0.25) is 5.02 Å². The van der Waals surface area contributed by atoms with Crippen LogP contribution < -0.4 is 9.64 Å². The maximum absolute atomic E-state index is 13.2. The van der Waals surface area contributed by atoms with E-state index in [0.29, 0.717) is 0 Å². The van der Waals surface area contributed by atoms with Crippen LogP contribution in [0.4, 0.5) is 18.9 Å². The molecule has 3 rings (SSSR count). The van der Waals surface area contributed by atoms with Crippen molar-refractivity contribution in [1.29, 1.82) is 0 Å². The van der Waals surface area contributed by atoms with E-state index in [1.165, 1.54) is 19.2 Å². The zero-order valence-electron chi connectivity index (χ0n) is 12.9. The van der Waals surface area contributed by atoms with Crippen molar-refractivity contribution >= 4 is 29.2 Å². The van der Waals surface area contributed by atoms with Gasteiger partial charge in [-0.1, -0.05) is 23.8 Å². The minimum absolute atomic E-state index is 0.0398. The van der Waals surface area contributed by atoms with E-state index in [1.807, 2.05) is 0 Å². The van der Waals surface area contributed by atoms with E-state index in [4.69, 9.17) is 16.3 Å². The lowest BCUT2D eigenvalue weighted by Crippen LogP contribution is -2.57. The van der Waals surface area contributed by atoms with E-state index in [1.54, 1.807) is 12.2 Å². The van der Waals surface area contributed by atoms with E-state index in [0.717, 1.165) is 0 Å². The maximum atomic E-state index is 13.2. The van der Waals surface area contributed by atoms with E-state index < -0.39 is 35.9 Å². The van der Waals surface area contributed by atoms with Gasteiger partial charge >= 0.3 is 18.1 Å². The highest BCUT2D eigenvalue weighted by Crippen LogP contribution is 2.53. The van der Waals surface area contributed by atoms with Crippen LogP contribution in [0.5, 0.6) is 5.75 Å². The third-order valence-electron chi connectivity index (χ3n) is 4.53. The summed E-state index contributed by atoms with van der Waals surface area (Å²) in [5, 5.41) is 9.72. The number of benzene rings is 1. The Morgan fingerprint density at radius 1 is 1.36 bits per heavy atom. The van der Waals surface area contributed by atoms with Crippen LogP contribution >= 0.6 is 11.6 Å². The molecule has 0 aromatic heterocycles. The summed E-state index contributed by atoms with van der Waals surface area (Å²) in [5.41, 5.74) is 0.0346. The van der Waals surface area contributed by atoms with Gasteiger partial charge in [0.05, 0.1) is 12.8 Å². The van der Waals surface area contributed by atoms with Crippen molar-refractivity contribution in [3.8, 4) is 5.75 Å². The Balaban J connectivity index is 2.32. The molecule has 3 atom stereocenters. The van der Waals surface area contributed by atoms with Gasteiger partial charge in [-0.15, -0.1) is 0 Å². The predicted molar refractivity (Wildman–Crippen MR) is 83.0 cm³/mol. The topological polar surface area (TPSA) is 66.8 Å². The zero-order valence-corrected chi connectivity index (χ0v) is 13.6. The van der Waals surface area contributed by atoms with Gasteiger partial charge in [0, 0.05) is 22.4 Å². The summed E-state index contributed by atoms with van der Waals surface area (Å²) in [5.74, 6) is -5.05. The Kier molecular flexibility index (Phi) is 4.18. The molecule has 25 heavy (non-hydrogen) atoms. The molecule has 134 valence electrons. The minimum Gasteiger partial charge on any atom is -0.495 e. The number of anilines is 1. The van der Waals surface area contributed by atoms with Crippen LogP contribution in [-0.4, -0.2) is 36.3 Å². The highest BCUT2D eigenvalue weighted by Gasteiger charge is 2.55. The largest absolute Gasteiger partial charge is 0.495 e. The van der Waals surface area contributed by atoms with Crippen LogP contribution in [0.25, 0.3) is 0 Å². The fraction of sp³-hybridized carbons (Fsp3) is 0.375. The number of nitrogens with zero attached hydrogens (tertiary/aromatic N) is 1. The molecule has 0 saturated carbocycles. The smallest absolute Gasteiger partial charge is 0.471 e. The number of allylic oxidation sites excluding steroid dienone is 2. The molecule has 1 aromatic rings. The first-order chi connectivity index (χ1) is 11.7. The molecule has 0 spiro atoms. The molecule has 1 aliphatic carbocycles. The molecule has 0 unspecified atom stereocenters. The summed E-state index contributed by atoms with van der Waals surface area (Å²) >= 11 is 6.19. The standard InChI is InChI=1S/C16H13ClF3NO4/c1-25-10-6-5-9(17)11-7-3-2-4-8(7)12(14(22)23)21(13(10)11)15(24)16(18,19)20/h2-3,5-8,12H,4H2,1H3,(H,22,23)/t7-,8+,12-/m0/s1. The zero-order chi connectivity index (χ0) is 18.5. The molecule has 0 saturated heterocycles. The quantitative estimate of drug-likeness (QED) is 0.805. The number of hydrogen-bond acceptors (Lipinski definition) is 3. The summed E-state index contributed by atoms with van der Waals surface area (Å²) in [4.78, 5) is 24.1. The number of halogens is 4. The number of aliphatic carboxylic acids is 1. The highest BCUT2D eigenvalue weighted by atomic mass is 35.5. The van der Waals surface area contributed by atoms with Gasteiger partial charge in [0.1, 0.15) is 11.8 Å². The van der Waals surface area contributed by atoms with Crippen LogP contribution in [0, 0.1) is 5.92 Å². The number of rotatable bonds is 2. The summed E-state index contributed by atoms with van der Waals surface area (Å²) in [7, 11) is 1.23. The molecule has 1 aromatic carbocycles. The number of carboxylic acids is 1. The second-order valence-electron chi connectivity index (χ2n) is 5.82. The Labute approximate surface area is 145 Å². The van der Waals surface area contributed by atoms with E-state index in [-0.39, 0.29) is 33.3 Å². The first kappa shape index (κ1) is 17.6. The van der Waals surface area contributed by atoms with Crippen molar-refractivity contribution in [1.82, 2.24) is 0 Å². The van der Waals surface area contributed by atoms with Crippen molar-refractivity contribution in [3.63, 3.8) is 0 Å². The number of hydrogen-bond donors (Lipinski definition) is 1. The maximum Gasteiger partial charge on any atom is 0.471 e. The highest BCUT2D eigenvalue weighted by molar-refractivity contribution is 6.32. The molecule has 5 nitrogen and oxygen atoms in total. The van der Waals surface area contributed by atoms with Gasteiger partial charge < -0.3 is 9.84 Å². The van der Waals surface area contributed by atoms with Crippen LogP contribution in [0.15, 0.2) is 24.3 Å². The average molecular weight is 376 g/mol. The van der Waals surface area contributed by atoms with Crippen molar-refractivity contribution < 1.29 is 32.6 Å². The number of ether oxygens (including phenoxy) is 1. The van der Waals surface area contributed by atoms with Gasteiger partial charge in [0.2, 0.25) is 0 Å². The molecule has 1 N–H and O–H groups in total. The van der Waals surface area contributed by atoms with Gasteiger partial charge in [0.15, 0.2) is 0 Å². The van der Waals surface area contributed by atoms with Gasteiger partial charge in [-0.3, -0.25) is 9.69 Å². The van der Waals surface area contributed by atoms with Gasteiger partial charge in [-0.25, -0.2) is 4.79 Å². The molecular weight excluding hydrogens is 363 g/mol. The second-order valence-corrected chi connectivity index (χ2v) is 6.23. The fourth-order valence-corrected chi connectivity index (χ4v) is 3.87. The number of amides is 1. The summed E-state index contributed by atoms with van der Waals surface area (Å²) in [6, 6.07) is 1.10. The predicted octanol–water partition coefficient (Wildman–Crippen LogP) is 3.37. The molecule has 1 aliphatic heterocycles. The summed E-state index contributed by atoms with van der Waals surface area (Å²) < 4.78 is 44.6. The normalized spacial score (nSPS) is 24.7. The molecule has 2 aliphatic rings. The van der Waals surface area contributed by atoms with Crippen molar-refractivity contribution in [2.45, 2.75) is 24.6 Å². The number of fused-ring (bicyclic) bond motifs is 3. The Morgan fingerprint density at radius 2 is 2.04 bits per heavy atom. The lowest BCUT2D eigenvalue weighted by molar-refractivity contribution is -0.172. The van der Waals surface area contributed by atoms with Gasteiger partial charge in [-0.05, 0) is 18.6 Å². The minimum atomic E-state index is -5.24. The summed E-state index contributed by atoms with van der Waals surface area (Å²) in [6.07, 6.45) is -1.61. The average Bonchev–Trinajstić information content (AvgIpc) is 3.00. The monoisotopic (exact) mass is 375 g/mol. The Morgan fingerprint density at radius 3 is 2.60 bits per heavy atom. The van der Waals surface area contributed by atoms with Gasteiger partial charge in [-0.2, -0.15) is 13.2 Å². The number of carboxylic acid groups (broad SMARTS) is 1. The molecule has 0 bridgehead atoms. The van der Waals surface area contributed by atoms with Crippen molar-refractivity contribution in [3.05, 3.63) is 34.9 Å². The molecule has 0 radical (unpaired) electrons. The van der Waals surface area contributed by atoms with Crippen molar-refractivity contribution in [2.75, 3.05) is 12.0 Å². The molecule has 0 fully saturated rings. The van der Waals surface area contributed by atoms with Crippen LogP contribution in [0.3, 0.4) is 0 Å². The third-order valence-corrected chi connectivity index (χ3v) is 4.86. The number of carbonyl (C=O) groups excluding carboxylic acids is 1. The number of methoxy groups -OCH3 is 1. The third kappa shape index (κ3) is 2.64. The van der Waals surface area contributed by atoms with E-state index in [2.05, 4.69) is 0 Å². The Bertz CT molecular complexity index is 777. The second kappa shape index (κ2) is 5.94. The first-order valence-electron chi connectivity index (χ1n) is 7.34. The molecule has 1 heterocycles. The molecule has 9 heteroatoms. The molecular formula is C16H13ClF3NO4. The van der Waals surface area contributed by atoms with E-state index in [9.17, 15) is 27.9 Å². The van der Waals surface area contributed by atoms with Gasteiger partial charge in [0.25, 0.3) is 0 Å². The lowest BCUT2D eigenvalue weighted by atomic mass is 9.77.